The van der Waals surface area contributed by atoms with E-state index in [1.165, 1.54) is 95.0 Å². The summed E-state index contributed by atoms with van der Waals surface area (Å²) in [4.78, 5) is 8.04. The third-order valence-corrected chi connectivity index (χ3v) is 19.8. The van der Waals surface area contributed by atoms with Crippen molar-refractivity contribution in [2.24, 2.45) is 0 Å². The number of hydrogen-bond donors (Lipinski definition) is 0. The monoisotopic (exact) mass is 974 g/mol. The van der Waals surface area contributed by atoms with E-state index in [4.69, 9.17) is 0 Å². The fourth-order valence-corrected chi connectivity index (χ4v) is 15.6. The Kier molecular flexibility index (Phi) is 9.78. The van der Waals surface area contributed by atoms with E-state index in [1.54, 1.807) is 22.3 Å². The van der Waals surface area contributed by atoms with Gasteiger partial charge in [-0.25, -0.2) is 0 Å². The van der Waals surface area contributed by atoms with Gasteiger partial charge in [-0.2, -0.15) is 0 Å². The van der Waals surface area contributed by atoms with Crippen molar-refractivity contribution in [3.8, 4) is 0 Å². The molecular weight excluding hydrogens is 902 g/mol. The Morgan fingerprint density at radius 3 is 1.71 bits per heavy atom. The molecule has 4 heterocycles. The van der Waals surface area contributed by atoms with Crippen LogP contribution in [0.4, 0.5) is 51.2 Å². The summed E-state index contributed by atoms with van der Waals surface area (Å²) in [6.07, 6.45) is 4.64. The standard InChI is InChI=1S/C68H72BN3S/c1-41-37-50-55(67(12,13)34-33-66(50,10)11)57-59(41)72-53-40-47(70(44-21-17-15-18-22-44)45-23-19-16-20-24-45)39-52-58(53)69(51-31-30-49-56(61(51)72)68(57,14)36-35-65(49,8)9)62-60(48-38-43(64(5,6)7)27-32-54(48)73-62)71(52)46-28-25-42(26-29-46)63(2,3)4/h15-32,37-40H,33-36H2,1-14H3. The van der Waals surface area contributed by atoms with E-state index in [2.05, 4.69) is 245 Å². The Labute approximate surface area is 440 Å². The number of thiophene rings is 1. The molecule has 0 amide bonds. The van der Waals surface area contributed by atoms with Gasteiger partial charge in [-0.05, 0) is 176 Å². The largest absolute Gasteiger partial charge is 0.310 e. The first-order chi connectivity index (χ1) is 34.5. The summed E-state index contributed by atoms with van der Waals surface area (Å²) in [5, 5.41) is 1.34. The maximum Gasteiger partial charge on any atom is 0.264 e. The molecule has 368 valence electrons. The lowest BCUT2D eigenvalue weighted by atomic mass is 9.35. The smallest absolute Gasteiger partial charge is 0.264 e. The van der Waals surface area contributed by atoms with Crippen molar-refractivity contribution in [1.29, 1.82) is 0 Å². The third-order valence-electron chi connectivity index (χ3n) is 18.5. The highest BCUT2D eigenvalue weighted by Gasteiger charge is 2.57. The SMILES string of the molecule is Cc1cc2c(c3c1N1c4cc(N(c5ccccc5)c5ccccc5)cc5c4B(c4ccc6c(c41)C3(C)CCC6(C)C)c1sc3ccc(C(C)(C)C)cc3c1N5c1ccc(C(C)(C)C)cc1)C(C)(C)CCC2(C)C. The Bertz CT molecular complexity index is 3560. The minimum Gasteiger partial charge on any atom is -0.310 e. The first kappa shape index (κ1) is 46.7. The van der Waals surface area contributed by atoms with Crippen LogP contribution in [-0.2, 0) is 32.5 Å². The Morgan fingerprint density at radius 2 is 1.08 bits per heavy atom. The summed E-state index contributed by atoms with van der Waals surface area (Å²) in [5.41, 5.74) is 26.1. The second kappa shape index (κ2) is 15.3. The van der Waals surface area contributed by atoms with Crippen LogP contribution in [0.25, 0.3) is 10.1 Å². The molecule has 3 nitrogen and oxygen atoms in total. The molecular formula is C68H72BN3S. The van der Waals surface area contributed by atoms with Gasteiger partial charge in [0.1, 0.15) is 0 Å². The first-order valence-corrected chi connectivity index (χ1v) is 28.0. The van der Waals surface area contributed by atoms with E-state index in [1.807, 2.05) is 11.3 Å². The molecule has 8 aromatic rings. The molecule has 2 aliphatic carbocycles. The van der Waals surface area contributed by atoms with Crippen molar-refractivity contribution in [3.05, 3.63) is 178 Å². The van der Waals surface area contributed by atoms with Crippen LogP contribution in [0.5, 0.6) is 0 Å². The lowest BCUT2D eigenvalue weighted by molar-refractivity contribution is 0.311. The molecule has 3 aliphatic heterocycles. The van der Waals surface area contributed by atoms with Crippen LogP contribution < -0.4 is 30.4 Å². The minimum absolute atomic E-state index is 0.0127. The summed E-state index contributed by atoms with van der Waals surface area (Å²) < 4.78 is 2.78. The predicted molar refractivity (Wildman–Crippen MR) is 317 cm³/mol. The van der Waals surface area contributed by atoms with Crippen molar-refractivity contribution in [2.45, 2.75) is 155 Å². The molecule has 0 fully saturated rings. The van der Waals surface area contributed by atoms with Crippen molar-refractivity contribution in [3.63, 3.8) is 0 Å². The number of rotatable bonds is 4. The number of nitrogens with zero attached hydrogens (tertiary/aromatic N) is 3. The molecule has 1 aromatic heterocycles. The fourth-order valence-electron chi connectivity index (χ4n) is 14.3. The van der Waals surface area contributed by atoms with Gasteiger partial charge in [-0.3, -0.25) is 0 Å². The molecule has 5 heteroatoms. The van der Waals surface area contributed by atoms with E-state index < -0.39 is 0 Å². The van der Waals surface area contributed by atoms with Gasteiger partial charge in [-0.1, -0.05) is 163 Å². The number of aryl methyl sites for hydroxylation is 1. The van der Waals surface area contributed by atoms with Crippen LogP contribution in [0.1, 0.15) is 160 Å². The first-order valence-electron chi connectivity index (χ1n) is 27.2. The molecule has 0 spiro atoms. The van der Waals surface area contributed by atoms with E-state index >= 15 is 0 Å². The molecule has 5 aliphatic rings. The highest BCUT2D eigenvalue weighted by molar-refractivity contribution is 7.33. The van der Waals surface area contributed by atoms with Gasteiger partial charge in [0.2, 0.25) is 0 Å². The normalized spacial score (nSPS) is 19.5. The van der Waals surface area contributed by atoms with Gasteiger partial charge in [0.15, 0.2) is 0 Å². The molecule has 13 rings (SSSR count). The number of benzene rings is 7. The zero-order valence-electron chi connectivity index (χ0n) is 45.9. The second-order valence-electron chi connectivity index (χ2n) is 26.8. The summed E-state index contributed by atoms with van der Waals surface area (Å²) >= 11 is 2.02. The van der Waals surface area contributed by atoms with Crippen molar-refractivity contribution in [1.82, 2.24) is 0 Å². The van der Waals surface area contributed by atoms with Crippen LogP contribution in [0.15, 0.2) is 133 Å². The summed E-state index contributed by atoms with van der Waals surface area (Å²) in [5.74, 6) is 0. The maximum atomic E-state index is 2.85. The molecule has 0 bridgehead atoms. The zero-order chi connectivity index (χ0) is 51.1. The topological polar surface area (TPSA) is 9.72 Å². The molecule has 0 radical (unpaired) electrons. The van der Waals surface area contributed by atoms with Crippen LogP contribution >= 0.6 is 11.3 Å². The third kappa shape index (κ3) is 6.62. The maximum absolute atomic E-state index is 2.85. The predicted octanol–water partition coefficient (Wildman–Crippen LogP) is 17.4. The van der Waals surface area contributed by atoms with Gasteiger partial charge in [0.05, 0.1) is 17.1 Å². The van der Waals surface area contributed by atoms with Gasteiger partial charge in [0, 0.05) is 54.4 Å². The minimum atomic E-state index is -0.180. The lowest BCUT2D eigenvalue weighted by Gasteiger charge is -2.57. The highest BCUT2D eigenvalue weighted by atomic mass is 32.1. The molecule has 1 atom stereocenters. The van der Waals surface area contributed by atoms with E-state index in [0.29, 0.717) is 0 Å². The van der Waals surface area contributed by atoms with Gasteiger partial charge >= 0.3 is 0 Å². The van der Waals surface area contributed by atoms with Crippen LogP contribution in [-0.4, -0.2) is 6.71 Å². The van der Waals surface area contributed by atoms with Crippen LogP contribution in [0.3, 0.4) is 0 Å². The lowest BCUT2D eigenvalue weighted by Crippen LogP contribution is -2.62. The Balaban J connectivity index is 1.23. The fraction of sp³-hybridized carbons (Fsp3) is 0.353. The quantitative estimate of drug-likeness (QED) is 0.163. The second-order valence-corrected chi connectivity index (χ2v) is 27.9. The number of para-hydroxylation sites is 2. The summed E-state index contributed by atoms with van der Waals surface area (Å²) in [7, 11) is 0. The molecule has 0 N–H and O–H groups in total. The number of hydrogen-bond acceptors (Lipinski definition) is 4. The van der Waals surface area contributed by atoms with Gasteiger partial charge < -0.3 is 14.7 Å². The average molecular weight is 974 g/mol. The molecule has 73 heavy (non-hydrogen) atoms. The Hall–Kier alpha value is -6.04. The Morgan fingerprint density at radius 1 is 0.507 bits per heavy atom. The zero-order valence-corrected chi connectivity index (χ0v) is 46.7. The van der Waals surface area contributed by atoms with Crippen LogP contribution in [0.2, 0.25) is 0 Å². The van der Waals surface area contributed by atoms with Gasteiger partial charge in [-0.15, -0.1) is 11.3 Å². The molecule has 0 saturated carbocycles. The summed E-state index contributed by atoms with van der Waals surface area (Å²) in [6.45, 7) is 34.4. The van der Waals surface area contributed by atoms with Crippen molar-refractivity contribution < 1.29 is 0 Å². The average Bonchev–Trinajstić information content (AvgIpc) is 3.73. The van der Waals surface area contributed by atoms with Crippen molar-refractivity contribution >= 4 is 95.0 Å². The van der Waals surface area contributed by atoms with E-state index in [-0.39, 0.29) is 39.2 Å². The molecule has 0 saturated heterocycles. The summed E-state index contributed by atoms with van der Waals surface area (Å²) in [6, 6.07) is 52.0. The van der Waals surface area contributed by atoms with E-state index in [9.17, 15) is 0 Å². The van der Waals surface area contributed by atoms with Crippen LogP contribution in [0, 0.1) is 6.92 Å². The van der Waals surface area contributed by atoms with Gasteiger partial charge in [0.25, 0.3) is 6.71 Å². The molecule has 7 aromatic carbocycles. The van der Waals surface area contributed by atoms with E-state index in [0.717, 1.165) is 29.9 Å². The van der Waals surface area contributed by atoms with Crippen molar-refractivity contribution in [2.75, 3.05) is 14.7 Å². The molecule has 1 unspecified atom stereocenters. The number of fused-ring (bicyclic) bond motifs is 11. The highest BCUT2D eigenvalue weighted by Crippen LogP contribution is 2.65. The number of anilines is 9.